The monoisotopic (exact) mass is 176 g/mol. The number of nitriles is 1. The summed E-state index contributed by atoms with van der Waals surface area (Å²) in [5.74, 6) is 0.820. The van der Waals surface area contributed by atoms with E-state index < -0.39 is 0 Å². The minimum atomic E-state index is 0.0359. The molecule has 0 aromatic rings. The highest BCUT2D eigenvalue weighted by atomic mass is 15.2. The SMILES string of the molecule is CC12CC3CN(C1)CC(C#N)(C3)C2. The lowest BCUT2D eigenvalue weighted by Gasteiger charge is -2.60. The molecule has 0 amide bonds. The Kier molecular flexibility index (Phi) is 1.26. The topological polar surface area (TPSA) is 27.0 Å². The van der Waals surface area contributed by atoms with Gasteiger partial charge in [0.05, 0.1) is 11.5 Å². The van der Waals surface area contributed by atoms with Gasteiger partial charge >= 0.3 is 0 Å². The minimum absolute atomic E-state index is 0.0359. The zero-order valence-electron chi connectivity index (χ0n) is 8.21. The molecule has 4 bridgehead atoms. The molecule has 3 aliphatic heterocycles. The Morgan fingerprint density at radius 2 is 2.23 bits per heavy atom. The predicted octanol–water partition coefficient (Wildman–Crippen LogP) is 1.63. The van der Waals surface area contributed by atoms with Crippen LogP contribution in [0.25, 0.3) is 0 Å². The second-order valence-corrected chi connectivity index (χ2v) is 5.82. The van der Waals surface area contributed by atoms with Crippen molar-refractivity contribution in [3.63, 3.8) is 0 Å². The third kappa shape index (κ3) is 0.971. The first-order valence-electron chi connectivity index (χ1n) is 5.27. The van der Waals surface area contributed by atoms with Gasteiger partial charge in [0.1, 0.15) is 0 Å². The molecule has 0 radical (unpaired) electrons. The Morgan fingerprint density at radius 3 is 2.85 bits per heavy atom. The van der Waals surface area contributed by atoms with Crippen LogP contribution in [0.1, 0.15) is 26.2 Å². The van der Waals surface area contributed by atoms with Crippen LogP contribution in [0.3, 0.4) is 0 Å². The first-order valence-corrected chi connectivity index (χ1v) is 5.27. The van der Waals surface area contributed by atoms with E-state index in [9.17, 15) is 5.26 Å². The van der Waals surface area contributed by atoms with Gasteiger partial charge < -0.3 is 4.90 Å². The van der Waals surface area contributed by atoms with Crippen molar-refractivity contribution in [3.8, 4) is 6.07 Å². The Morgan fingerprint density at radius 1 is 1.38 bits per heavy atom. The molecule has 2 heteroatoms. The maximum atomic E-state index is 9.27. The molecule has 4 atom stereocenters. The Hall–Kier alpha value is -0.550. The van der Waals surface area contributed by atoms with Crippen LogP contribution in [0.5, 0.6) is 0 Å². The number of hydrogen-bond donors (Lipinski definition) is 0. The first-order chi connectivity index (χ1) is 6.13. The lowest BCUT2D eigenvalue weighted by molar-refractivity contribution is -0.0986. The van der Waals surface area contributed by atoms with Crippen molar-refractivity contribution < 1.29 is 0 Å². The van der Waals surface area contributed by atoms with Crippen LogP contribution in [0, 0.1) is 28.1 Å². The molecule has 4 rings (SSSR count). The number of piperidine rings is 3. The molecule has 4 fully saturated rings. The molecule has 70 valence electrons. The molecule has 4 unspecified atom stereocenters. The normalized spacial score (nSPS) is 57.8. The molecule has 1 aliphatic carbocycles. The van der Waals surface area contributed by atoms with Crippen LogP contribution >= 0.6 is 0 Å². The Bertz CT molecular complexity index is 275. The average Bonchev–Trinajstić information content (AvgIpc) is 1.99. The van der Waals surface area contributed by atoms with Gasteiger partial charge in [-0.05, 0) is 30.6 Å². The number of rotatable bonds is 0. The molecule has 3 heterocycles. The van der Waals surface area contributed by atoms with Gasteiger partial charge in [0.15, 0.2) is 0 Å². The van der Waals surface area contributed by atoms with Crippen LogP contribution in [-0.2, 0) is 0 Å². The first kappa shape index (κ1) is 7.82. The molecule has 2 nitrogen and oxygen atoms in total. The van der Waals surface area contributed by atoms with Crippen LogP contribution in [0.4, 0.5) is 0 Å². The second-order valence-electron chi connectivity index (χ2n) is 5.82. The van der Waals surface area contributed by atoms with Crippen LogP contribution in [0.2, 0.25) is 0 Å². The summed E-state index contributed by atoms with van der Waals surface area (Å²) in [5, 5.41) is 9.27. The van der Waals surface area contributed by atoms with Gasteiger partial charge in [0, 0.05) is 19.6 Å². The molecule has 0 aromatic heterocycles. The quantitative estimate of drug-likeness (QED) is 0.561. The zero-order valence-corrected chi connectivity index (χ0v) is 8.21. The Labute approximate surface area is 79.5 Å². The van der Waals surface area contributed by atoms with E-state index in [4.69, 9.17) is 0 Å². The molecule has 3 saturated heterocycles. The van der Waals surface area contributed by atoms with Gasteiger partial charge in [-0.3, -0.25) is 0 Å². The lowest BCUT2D eigenvalue weighted by atomic mass is 9.54. The maximum absolute atomic E-state index is 9.27. The molecular weight excluding hydrogens is 160 g/mol. The molecule has 0 spiro atoms. The molecule has 0 aromatic carbocycles. The summed E-state index contributed by atoms with van der Waals surface area (Å²) in [6.07, 6.45) is 3.70. The standard InChI is InChI=1S/C11H16N2/c1-10-2-9-3-11(5-10,6-12)8-13(4-9)7-10/h9H,2-5,7-8H2,1H3. The third-order valence-corrected chi connectivity index (χ3v) is 4.11. The van der Waals surface area contributed by atoms with Crippen molar-refractivity contribution in [1.29, 1.82) is 5.26 Å². The Balaban J connectivity index is 2.01. The fraction of sp³-hybridized carbons (Fsp3) is 0.909. The van der Waals surface area contributed by atoms with E-state index in [-0.39, 0.29) is 5.41 Å². The third-order valence-electron chi connectivity index (χ3n) is 4.11. The van der Waals surface area contributed by atoms with Gasteiger partial charge in [-0.2, -0.15) is 5.26 Å². The predicted molar refractivity (Wildman–Crippen MR) is 49.9 cm³/mol. The van der Waals surface area contributed by atoms with Crippen LogP contribution in [-0.4, -0.2) is 24.5 Å². The van der Waals surface area contributed by atoms with Crippen molar-refractivity contribution in [2.45, 2.75) is 26.2 Å². The van der Waals surface area contributed by atoms with Gasteiger partial charge in [-0.1, -0.05) is 6.92 Å². The highest BCUT2D eigenvalue weighted by Crippen LogP contribution is 2.56. The van der Waals surface area contributed by atoms with Crippen molar-refractivity contribution in [2.75, 3.05) is 19.6 Å². The van der Waals surface area contributed by atoms with Crippen molar-refractivity contribution in [3.05, 3.63) is 0 Å². The van der Waals surface area contributed by atoms with Crippen molar-refractivity contribution in [1.82, 2.24) is 4.90 Å². The molecule has 13 heavy (non-hydrogen) atoms. The summed E-state index contributed by atoms with van der Waals surface area (Å²) in [6.45, 7) is 5.93. The summed E-state index contributed by atoms with van der Waals surface area (Å²) >= 11 is 0. The highest BCUT2D eigenvalue weighted by molar-refractivity contribution is 5.14. The van der Waals surface area contributed by atoms with Crippen LogP contribution < -0.4 is 0 Å². The average molecular weight is 176 g/mol. The second kappa shape index (κ2) is 2.09. The van der Waals surface area contributed by atoms with E-state index in [1.165, 1.54) is 25.9 Å². The fourth-order valence-corrected chi connectivity index (χ4v) is 4.29. The largest absolute Gasteiger partial charge is 0.301 e. The van der Waals surface area contributed by atoms with E-state index in [1.54, 1.807) is 0 Å². The van der Waals surface area contributed by atoms with E-state index in [1.807, 2.05) is 0 Å². The molecule has 1 saturated carbocycles. The van der Waals surface area contributed by atoms with Crippen molar-refractivity contribution >= 4 is 0 Å². The zero-order chi connectivity index (χ0) is 9.10. The van der Waals surface area contributed by atoms with E-state index >= 15 is 0 Å². The summed E-state index contributed by atoms with van der Waals surface area (Å²) in [5.41, 5.74) is 0.503. The summed E-state index contributed by atoms with van der Waals surface area (Å²) in [7, 11) is 0. The summed E-state index contributed by atoms with van der Waals surface area (Å²) < 4.78 is 0. The van der Waals surface area contributed by atoms with Gasteiger partial charge in [-0.25, -0.2) is 0 Å². The summed E-state index contributed by atoms with van der Waals surface area (Å²) in [6, 6.07) is 2.59. The summed E-state index contributed by atoms with van der Waals surface area (Å²) in [4.78, 5) is 2.52. The lowest BCUT2D eigenvalue weighted by Crippen LogP contribution is -2.62. The highest BCUT2D eigenvalue weighted by Gasteiger charge is 2.55. The van der Waals surface area contributed by atoms with Gasteiger partial charge in [0.25, 0.3) is 0 Å². The molecule has 0 N–H and O–H groups in total. The van der Waals surface area contributed by atoms with Gasteiger partial charge in [0.2, 0.25) is 0 Å². The van der Waals surface area contributed by atoms with Gasteiger partial charge in [-0.15, -0.1) is 0 Å². The molecule has 4 aliphatic rings. The van der Waals surface area contributed by atoms with Crippen molar-refractivity contribution in [2.24, 2.45) is 16.7 Å². The fourth-order valence-electron chi connectivity index (χ4n) is 4.29. The number of nitrogens with zero attached hydrogens (tertiary/aromatic N) is 2. The maximum Gasteiger partial charge on any atom is 0.0709 e. The van der Waals surface area contributed by atoms with Crippen LogP contribution in [0.15, 0.2) is 0 Å². The van der Waals surface area contributed by atoms with E-state index in [2.05, 4.69) is 17.9 Å². The number of hydrogen-bond acceptors (Lipinski definition) is 2. The minimum Gasteiger partial charge on any atom is -0.301 e. The van der Waals surface area contributed by atoms with E-state index in [0.29, 0.717) is 5.41 Å². The van der Waals surface area contributed by atoms with E-state index in [0.717, 1.165) is 18.9 Å². The smallest absolute Gasteiger partial charge is 0.0709 e. The molecular formula is C11H16N2.